The Kier molecular flexibility index (Phi) is 4.67. The van der Waals surface area contributed by atoms with Gasteiger partial charge in [-0.25, -0.2) is 9.97 Å². The molecule has 1 amide bonds. The van der Waals surface area contributed by atoms with Crippen molar-refractivity contribution in [3.8, 4) is 11.3 Å². The van der Waals surface area contributed by atoms with E-state index in [1.807, 2.05) is 56.4 Å². The van der Waals surface area contributed by atoms with Crippen molar-refractivity contribution in [1.82, 2.24) is 29.9 Å². The molecule has 0 aliphatic heterocycles. The molecular weight excluding hydrogens is 354 g/mol. The zero-order valence-electron chi connectivity index (χ0n) is 15.5. The van der Waals surface area contributed by atoms with Crippen LogP contribution in [0, 0.1) is 6.92 Å². The predicted octanol–water partition coefficient (Wildman–Crippen LogP) is 2.75. The number of rotatable bonds is 5. The first-order valence-corrected chi connectivity index (χ1v) is 8.82. The number of amides is 1. The van der Waals surface area contributed by atoms with Crippen molar-refractivity contribution in [2.45, 2.75) is 13.3 Å². The molecule has 0 fully saturated rings. The summed E-state index contributed by atoms with van der Waals surface area (Å²) in [5.74, 6) is 0.718. The summed E-state index contributed by atoms with van der Waals surface area (Å²) in [5, 5.41) is 13.9. The predicted molar refractivity (Wildman–Crippen MR) is 105 cm³/mol. The third-order valence-electron chi connectivity index (χ3n) is 4.25. The van der Waals surface area contributed by atoms with E-state index in [0.29, 0.717) is 18.1 Å². The van der Waals surface area contributed by atoms with E-state index in [9.17, 15) is 4.79 Å². The van der Waals surface area contributed by atoms with E-state index in [1.165, 1.54) is 0 Å². The molecule has 3 aromatic heterocycles. The average molecular weight is 373 g/mol. The van der Waals surface area contributed by atoms with Crippen LogP contribution in [0.25, 0.3) is 11.3 Å². The van der Waals surface area contributed by atoms with E-state index in [1.54, 1.807) is 16.9 Å². The Labute approximate surface area is 161 Å². The molecule has 0 aliphatic rings. The summed E-state index contributed by atoms with van der Waals surface area (Å²) in [6.45, 7) is 1.93. The SMILES string of the molecule is Cc1cc(-c2ccnc(NC(=O)c3n[nH]c(Cc4ccccc4)n3)c2)n(C)n1. The summed E-state index contributed by atoms with van der Waals surface area (Å²) in [6, 6.07) is 15.5. The van der Waals surface area contributed by atoms with Crippen LogP contribution < -0.4 is 5.32 Å². The van der Waals surface area contributed by atoms with Gasteiger partial charge in [0.1, 0.15) is 11.6 Å². The number of benzene rings is 1. The van der Waals surface area contributed by atoms with Gasteiger partial charge in [-0.1, -0.05) is 30.3 Å². The quantitative estimate of drug-likeness (QED) is 0.560. The van der Waals surface area contributed by atoms with Gasteiger partial charge >= 0.3 is 0 Å². The highest BCUT2D eigenvalue weighted by Gasteiger charge is 2.14. The van der Waals surface area contributed by atoms with Gasteiger partial charge in [-0.15, -0.1) is 5.10 Å². The van der Waals surface area contributed by atoms with Gasteiger partial charge in [0.2, 0.25) is 5.82 Å². The van der Waals surface area contributed by atoms with Crippen molar-refractivity contribution < 1.29 is 4.79 Å². The van der Waals surface area contributed by atoms with E-state index < -0.39 is 5.91 Å². The van der Waals surface area contributed by atoms with Crippen LogP contribution in [0.3, 0.4) is 0 Å². The molecule has 0 radical (unpaired) electrons. The number of hydrogen-bond donors (Lipinski definition) is 2. The molecule has 8 heteroatoms. The van der Waals surface area contributed by atoms with Crippen LogP contribution in [-0.2, 0) is 13.5 Å². The number of carbonyl (C=O) groups is 1. The lowest BCUT2D eigenvalue weighted by Crippen LogP contribution is -2.15. The number of hydrogen-bond acceptors (Lipinski definition) is 5. The van der Waals surface area contributed by atoms with Crippen molar-refractivity contribution in [1.29, 1.82) is 0 Å². The Morgan fingerprint density at radius 2 is 2.00 bits per heavy atom. The zero-order chi connectivity index (χ0) is 19.5. The lowest BCUT2D eigenvalue weighted by Gasteiger charge is -2.05. The molecule has 0 spiro atoms. The largest absolute Gasteiger partial charge is 0.304 e. The molecule has 1 aromatic carbocycles. The van der Waals surface area contributed by atoms with E-state index in [2.05, 4.69) is 30.6 Å². The monoisotopic (exact) mass is 373 g/mol. The van der Waals surface area contributed by atoms with Crippen molar-refractivity contribution >= 4 is 11.7 Å². The van der Waals surface area contributed by atoms with Gasteiger partial charge in [-0.05, 0) is 30.7 Å². The molecule has 0 saturated carbocycles. The van der Waals surface area contributed by atoms with Gasteiger partial charge < -0.3 is 5.32 Å². The Balaban J connectivity index is 1.48. The summed E-state index contributed by atoms with van der Waals surface area (Å²) in [7, 11) is 1.88. The van der Waals surface area contributed by atoms with Crippen LogP contribution >= 0.6 is 0 Å². The number of aromatic nitrogens is 6. The molecule has 0 atom stereocenters. The minimum atomic E-state index is -0.415. The highest BCUT2D eigenvalue weighted by molar-refractivity contribution is 6.01. The minimum Gasteiger partial charge on any atom is -0.304 e. The second kappa shape index (κ2) is 7.43. The first-order valence-electron chi connectivity index (χ1n) is 8.82. The van der Waals surface area contributed by atoms with Gasteiger partial charge in [0.05, 0.1) is 11.4 Å². The molecule has 0 aliphatic carbocycles. The summed E-state index contributed by atoms with van der Waals surface area (Å²) in [6.07, 6.45) is 2.22. The Morgan fingerprint density at radius 1 is 1.18 bits per heavy atom. The molecule has 2 N–H and O–H groups in total. The molecule has 0 unspecified atom stereocenters. The second-order valence-corrected chi connectivity index (χ2v) is 6.45. The zero-order valence-corrected chi connectivity index (χ0v) is 15.5. The Morgan fingerprint density at radius 3 is 2.75 bits per heavy atom. The van der Waals surface area contributed by atoms with Crippen molar-refractivity contribution in [3.05, 3.63) is 77.6 Å². The fourth-order valence-corrected chi connectivity index (χ4v) is 2.98. The van der Waals surface area contributed by atoms with Gasteiger partial charge in [0.15, 0.2) is 0 Å². The molecule has 28 heavy (non-hydrogen) atoms. The second-order valence-electron chi connectivity index (χ2n) is 6.45. The Bertz CT molecular complexity index is 1110. The maximum Gasteiger partial charge on any atom is 0.296 e. The standard InChI is InChI=1S/C20H19N7O/c1-13-10-16(27(2)26-13)15-8-9-21-17(12-15)23-20(28)19-22-18(24-25-19)11-14-6-4-3-5-7-14/h3-10,12H,11H2,1-2H3,(H,21,23,28)(H,22,24,25). The first-order chi connectivity index (χ1) is 13.6. The minimum absolute atomic E-state index is 0.0783. The summed E-state index contributed by atoms with van der Waals surface area (Å²) in [5.41, 5.74) is 3.87. The van der Waals surface area contributed by atoms with Gasteiger partial charge in [-0.3, -0.25) is 14.6 Å². The van der Waals surface area contributed by atoms with Gasteiger partial charge in [0.25, 0.3) is 5.91 Å². The number of aryl methyl sites for hydroxylation is 2. The lowest BCUT2D eigenvalue weighted by atomic mass is 10.1. The van der Waals surface area contributed by atoms with Crippen molar-refractivity contribution in [2.24, 2.45) is 7.05 Å². The summed E-state index contributed by atoms with van der Waals surface area (Å²) in [4.78, 5) is 21.0. The topological polar surface area (TPSA) is 101 Å². The van der Waals surface area contributed by atoms with Crippen molar-refractivity contribution in [2.75, 3.05) is 5.32 Å². The van der Waals surface area contributed by atoms with Crippen LogP contribution in [0.4, 0.5) is 5.82 Å². The van der Waals surface area contributed by atoms with Crippen LogP contribution in [0.1, 0.15) is 27.7 Å². The summed E-state index contributed by atoms with van der Waals surface area (Å²) >= 11 is 0. The fraction of sp³-hybridized carbons (Fsp3) is 0.150. The maximum absolute atomic E-state index is 12.5. The third kappa shape index (κ3) is 3.80. The van der Waals surface area contributed by atoms with E-state index >= 15 is 0 Å². The number of carbonyl (C=O) groups excluding carboxylic acids is 1. The van der Waals surface area contributed by atoms with Crippen LogP contribution in [-0.4, -0.2) is 35.9 Å². The molecule has 140 valence electrons. The molecule has 8 nitrogen and oxygen atoms in total. The molecular formula is C20H19N7O. The van der Waals surface area contributed by atoms with Gasteiger partial charge in [-0.2, -0.15) is 5.10 Å². The maximum atomic E-state index is 12.5. The van der Waals surface area contributed by atoms with Crippen molar-refractivity contribution in [3.63, 3.8) is 0 Å². The molecule has 4 rings (SSSR count). The Hall–Kier alpha value is -3.81. The smallest absolute Gasteiger partial charge is 0.296 e. The van der Waals surface area contributed by atoms with Gasteiger partial charge in [0, 0.05) is 25.2 Å². The number of nitrogens with one attached hydrogen (secondary N) is 2. The van der Waals surface area contributed by atoms with Crippen LogP contribution in [0.2, 0.25) is 0 Å². The molecule has 0 saturated heterocycles. The van der Waals surface area contributed by atoms with Crippen LogP contribution in [0.15, 0.2) is 54.7 Å². The molecule has 4 aromatic rings. The number of H-pyrrole nitrogens is 1. The highest BCUT2D eigenvalue weighted by atomic mass is 16.2. The normalized spacial score (nSPS) is 10.8. The number of pyridine rings is 1. The fourth-order valence-electron chi connectivity index (χ4n) is 2.98. The first kappa shape index (κ1) is 17.6. The van der Waals surface area contributed by atoms with E-state index in [0.717, 1.165) is 22.5 Å². The van der Waals surface area contributed by atoms with E-state index in [4.69, 9.17) is 0 Å². The average Bonchev–Trinajstić information content (AvgIpc) is 3.29. The number of anilines is 1. The van der Waals surface area contributed by atoms with Crippen LogP contribution in [0.5, 0.6) is 0 Å². The number of nitrogens with zero attached hydrogens (tertiary/aromatic N) is 5. The highest BCUT2D eigenvalue weighted by Crippen LogP contribution is 2.21. The molecule has 0 bridgehead atoms. The lowest BCUT2D eigenvalue weighted by molar-refractivity contribution is 0.101. The molecule has 3 heterocycles. The third-order valence-corrected chi connectivity index (χ3v) is 4.25. The summed E-state index contributed by atoms with van der Waals surface area (Å²) < 4.78 is 1.79. The van der Waals surface area contributed by atoms with E-state index in [-0.39, 0.29) is 5.82 Å². The number of aromatic amines is 1.